The van der Waals surface area contributed by atoms with Crippen LogP contribution < -0.4 is 10.6 Å². The van der Waals surface area contributed by atoms with Crippen molar-refractivity contribution < 1.29 is 19.1 Å². The lowest BCUT2D eigenvalue weighted by molar-refractivity contribution is -0.124. The minimum atomic E-state index is -0.407. The molecule has 0 spiro atoms. The van der Waals surface area contributed by atoms with E-state index in [0.717, 1.165) is 0 Å². The zero-order chi connectivity index (χ0) is 10.7. The smallest absolute Gasteiger partial charge is 0.406 e. The summed E-state index contributed by atoms with van der Waals surface area (Å²) in [6.07, 6.45) is -0.407. The zero-order valence-electron chi connectivity index (χ0n) is 8.34. The van der Waals surface area contributed by atoms with Crippen molar-refractivity contribution in [3.8, 4) is 0 Å². The second kappa shape index (κ2) is 14.2. The fourth-order valence-electron chi connectivity index (χ4n) is 0.305. The van der Waals surface area contributed by atoms with E-state index in [2.05, 4.69) is 20.1 Å². The van der Waals surface area contributed by atoms with Gasteiger partial charge in [-0.15, -0.1) is 0 Å². The molecule has 0 aromatic carbocycles. The van der Waals surface area contributed by atoms with Crippen LogP contribution >= 0.6 is 0 Å². The predicted molar refractivity (Wildman–Crippen MR) is 54.1 cm³/mol. The van der Waals surface area contributed by atoms with Crippen LogP contribution in [-0.4, -0.2) is 46.9 Å². The lowest BCUT2D eigenvalue weighted by Gasteiger charge is -1.92. The first-order valence-electron chi connectivity index (χ1n) is 3.57. The number of rotatable bonds is 2. The molecule has 0 bridgehead atoms. The van der Waals surface area contributed by atoms with Crippen LogP contribution in [0.3, 0.4) is 0 Å². The van der Waals surface area contributed by atoms with Gasteiger partial charge in [-0.05, 0) is 0 Å². The van der Waals surface area contributed by atoms with E-state index in [1.807, 2.05) is 0 Å². The summed E-state index contributed by atoms with van der Waals surface area (Å²) in [5.41, 5.74) is 0. The summed E-state index contributed by atoms with van der Waals surface area (Å²) in [7, 11) is 5.88. The maximum atomic E-state index is 10.2. The highest BCUT2D eigenvalue weighted by Gasteiger charge is 1.90. The van der Waals surface area contributed by atoms with Crippen LogP contribution in [0.4, 0.5) is 4.79 Å². The third-order valence-electron chi connectivity index (χ3n) is 0.944. The third kappa shape index (κ3) is 17.0. The average molecular weight is 208 g/mol. The number of amides is 2. The molecule has 6 heteroatoms. The number of methoxy groups -OCH3 is 2. The second-order valence-electron chi connectivity index (χ2n) is 1.85. The van der Waals surface area contributed by atoms with Gasteiger partial charge in [0.25, 0.3) is 0 Å². The van der Waals surface area contributed by atoms with Gasteiger partial charge in [0.15, 0.2) is 0 Å². The van der Waals surface area contributed by atoms with Crippen LogP contribution in [0.5, 0.6) is 0 Å². The van der Waals surface area contributed by atoms with Crippen LogP contribution in [0, 0.1) is 0 Å². The Morgan fingerprint density at radius 3 is 1.71 bits per heavy atom. The van der Waals surface area contributed by atoms with Gasteiger partial charge in [-0.2, -0.15) is 0 Å². The van der Waals surface area contributed by atoms with Crippen LogP contribution in [0.2, 0.25) is 0 Å². The first-order valence-corrected chi connectivity index (χ1v) is 3.57. The monoisotopic (exact) mass is 208 g/mol. The molecule has 0 rings (SSSR count). The summed E-state index contributed by atoms with van der Waals surface area (Å²) < 4.78 is 8.63. The number of ether oxygens (including phenoxy) is 2. The van der Waals surface area contributed by atoms with E-state index >= 15 is 0 Å². The Morgan fingerprint density at radius 1 is 1.14 bits per heavy atom. The number of carbonyl (C=O) groups excluding carboxylic acids is 2. The standard InChI is InChI=1S/C4H9NO2.C3H7NO2.CH4/c1-5-4(6)3-7-2;1-4-3(5)6-2;/h3H2,1-2H3,(H,5,6);1-2H3,(H,4,5);1H4. The molecular formula is C8H20N2O4. The van der Waals surface area contributed by atoms with E-state index < -0.39 is 6.09 Å². The molecule has 14 heavy (non-hydrogen) atoms. The van der Waals surface area contributed by atoms with Crippen molar-refractivity contribution in [1.82, 2.24) is 10.6 Å². The van der Waals surface area contributed by atoms with Crippen LogP contribution in [0.15, 0.2) is 0 Å². The molecule has 0 aliphatic heterocycles. The van der Waals surface area contributed by atoms with Gasteiger partial charge < -0.3 is 20.1 Å². The predicted octanol–water partition coefficient (Wildman–Crippen LogP) is -0.0129. The number of carbonyl (C=O) groups is 2. The Bertz CT molecular complexity index is 144. The molecule has 0 aromatic rings. The van der Waals surface area contributed by atoms with Gasteiger partial charge in [-0.25, -0.2) is 4.79 Å². The SMILES string of the molecule is C.CNC(=O)COC.CNC(=O)OC. The van der Waals surface area contributed by atoms with E-state index in [0.29, 0.717) is 0 Å². The highest BCUT2D eigenvalue weighted by molar-refractivity contribution is 5.76. The molecule has 0 saturated heterocycles. The Morgan fingerprint density at radius 2 is 1.64 bits per heavy atom. The van der Waals surface area contributed by atoms with Gasteiger partial charge in [0, 0.05) is 21.2 Å². The van der Waals surface area contributed by atoms with Gasteiger partial charge in [0.2, 0.25) is 5.91 Å². The van der Waals surface area contributed by atoms with Gasteiger partial charge >= 0.3 is 6.09 Å². The lowest BCUT2D eigenvalue weighted by Crippen LogP contribution is -2.22. The first-order chi connectivity index (χ1) is 6.12. The molecule has 0 radical (unpaired) electrons. The summed E-state index contributed by atoms with van der Waals surface area (Å²) in [6, 6.07) is 0. The van der Waals surface area contributed by atoms with E-state index in [9.17, 15) is 9.59 Å². The quantitative estimate of drug-likeness (QED) is 0.669. The molecule has 0 atom stereocenters. The second-order valence-corrected chi connectivity index (χ2v) is 1.85. The fourth-order valence-corrected chi connectivity index (χ4v) is 0.305. The molecule has 0 saturated carbocycles. The number of alkyl carbamates (subject to hydrolysis) is 1. The van der Waals surface area contributed by atoms with Crippen molar-refractivity contribution >= 4 is 12.0 Å². The van der Waals surface area contributed by atoms with Crippen molar-refractivity contribution in [2.24, 2.45) is 0 Å². The molecule has 2 N–H and O–H groups in total. The minimum Gasteiger partial charge on any atom is -0.453 e. The summed E-state index contributed by atoms with van der Waals surface area (Å²) >= 11 is 0. The molecule has 86 valence electrons. The van der Waals surface area contributed by atoms with Crippen molar-refractivity contribution in [3.63, 3.8) is 0 Å². The highest BCUT2D eigenvalue weighted by atomic mass is 16.5. The van der Waals surface area contributed by atoms with Crippen molar-refractivity contribution in [3.05, 3.63) is 0 Å². The van der Waals surface area contributed by atoms with Crippen LogP contribution in [-0.2, 0) is 14.3 Å². The normalized spacial score (nSPS) is 7.14. The number of likely N-dealkylation sites (N-methyl/N-ethyl adjacent to an activating group) is 1. The highest BCUT2D eigenvalue weighted by Crippen LogP contribution is 1.63. The molecule has 2 amide bonds. The van der Waals surface area contributed by atoms with Gasteiger partial charge in [-0.3, -0.25) is 4.79 Å². The third-order valence-corrected chi connectivity index (χ3v) is 0.944. The molecular weight excluding hydrogens is 188 g/mol. The van der Waals surface area contributed by atoms with E-state index in [4.69, 9.17) is 0 Å². The maximum Gasteiger partial charge on any atom is 0.406 e. The largest absolute Gasteiger partial charge is 0.453 e. The summed E-state index contributed by atoms with van der Waals surface area (Å²) in [5, 5.41) is 4.66. The number of hydrogen-bond acceptors (Lipinski definition) is 4. The molecule has 6 nitrogen and oxygen atoms in total. The molecule has 0 aliphatic rings. The molecule has 0 aliphatic carbocycles. The van der Waals surface area contributed by atoms with E-state index in [1.54, 1.807) is 7.05 Å². The van der Waals surface area contributed by atoms with Crippen molar-refractivity contribution in [2.45, 2.75) is 7.43 Å². The Hall–Kier alpha value is -1.30. The van der Waals surface area contributed by atoms with Crippen molar-refractivity contribution in [1.29, 1.82) is 0 Å². The fraction of sp³-hybridized carbons (Fsp3) is 0.750. The minimum absolute atomic E-state index is 0. The molecule has 0 heterocycles. The average Bonchev–Trinajstić information content (AvgIpc) is 2.18. The number of hydrogen-bond donors (Lipinski definition) is 2. The molecule has 0 unspecified atom stereocenters. The van der Waals surface area contributed by atoms with Crippen LogP contribution in [0.25, 0.3) is 0 Å². The van der Waals surface area contributed by atoms with Crippen molar-refractivity contribution in [2.75, 3.05) is 34.9 Å². The summed E-state index contributed by atoms with van der Waals surface area (Å²) in [5.74, 6) is -0.0949. The summed E-state index contributed by atoms with van der Waals surface area (Å²) in [6.45, 7) is 0.149. The Balaban J connectivity index is -0.000000163. The maximum absolute atomic E-state index is 10.2. The Labute approximate surface area is 85.0 Å². The lowest BCUT2D eigenvalue weighted by atomic mass is 10.7. The summed E-state index contributed by atoms with van der Waals surface area (Å²) in [4.78, 5) is 20.0. The number of nitrogens with one attached hydrogen (secondary N) is 2. The zero-order valence-corrected chi connectivity index (χ0v) is 8.34. The molecule has 0 fully saturated rings. The van der Waals surface area contributed by atoms with E-state index in [1.165, 1.54) is 21.3 Å². The van der Waals surface area contributed by atoms with Crippen LogP contribution in [0.1, 0.15) is 7.43 Å². The molecule has 0 aromatic heterocycles. The topological polar surface area (TPSA) is 76.7 Å². The Kier molecular flexibility index (Phi) is 18.8. The van der Waals surface area contributed by atoms with Gasteiger partial charge in [-0.1, -0.05) is 7.43 Å². The van der Waals surface area contributed by atoms with E-state index in [-0.39, 0.29) is 19.9 Å². The van der Waals surface area contributed by atoms with Gasteiger partial charge in [0.05, 0.1) is 7.11 Å². The first kappa shape index (κ1) is 18.5. The van der Waals surface area contributed by atoms with Gasteiger partial charge in [0.1, 0.15) is 6.61 Å².